The molecule has 1 aliphatic heterocycles. The van der Waals surface area contributed by atoms with E-state index >= 15 is 0 Å². The smallest absolute Gasteiger partial charge is 0.362 e. The van der Waals surface area contributed by atoms with E-state index in [0.29, 0.717) is 6.04 Å². The van der Waals surface area contributed by atoms with Gasteiger partial charge in [0.1, 0.15) is 0 Å². The van der Waals surface area contributed by atoms with Crippen molar-refractivity contribution in [3.63, 3.8) is 0 Å². The Morgan fingerprint density at radius 1 is 1.03 bits per heavy atom. The Bertz CT molecular complexity index is 846. The molecule has 1 heterocycles. The molecule has 0 bridgehead atoms. The van der Waals surface area contributed by atoms with Crippen LogP contribution in [0.5, 0.6) is 0 Å². The Hall–Kier alpha value is -2.83. The van der Waals surface area contributed by atoms with Gasteiger partial charge in [0.2, 0.25) is 0 Å². The van der Waals surface area contributed by atoms with Gasteiger partial charge in [0, 0.05) is 18.2 Å². The van der Waals surface area contributed by atoms with Crippen LogP contribution in [0.4, 0.5) is 13.2 Å². The summed E-state index contributed by atoms with van der Waals surface area (Å²) in [6.07, 6.45) is -0.473. The number of aryl methyl sites for hydroxylation is 2. The third kappa shape index (κ3) is 6.90. The maximum atomic E-state index is 13.0. The quantitative estimate of drug-likeness (QED) is 0.790. The number of nitrogens with zero attached hydrogens (tertiary/aromatic N) is 1. The zero-order valence-electron chi connectivity index (χ0n) is 17.2. The van der Waals surface area contributed by atoms with Crippen LogP contribution < -0.4 is 5.73 Å². The lowest BCUT2D eigenvalue weighted by molar-refractivity contribution is -0.169. The fraction of sp³-hybridized carbons (Fsp3) is 0.391. The van der Waals surface area contributed by atoms with E-state index in [2.05, 4.69) is 54.8 Å². The summed E-state index contributed by atoms with van der Waals surface area (Å²) < 4.78 is 32.1. The maximum absolute atomic E-state index is 13.0. The molecule has 2 aromatic carbocycles. The van der Waals surface area contributed by atoms with Gasteiger partial charge >= 0.3 is 12.1 Å². The van der Waals surface area contributed by atoms with Gasteiger partial charge in [-0.2, -0.15) is 13.2 Å². The molecule has 30 heavy (non-hydrogen) atoms. The first-order valence-corrected chi connectivity index (χ1v) is 9.87. The monoisotopic (exact) mass is 420 g/mol. The van der Waals surface area contributed by atoms with Crippen LogP contribution >= 0.6 is 0 Å². The third-order valence-corrected chi connectivity index (χ3v) is 4.95. The van der Waals surface area contributed by atoms with Crippen molar-refractivity contribution < 1.29 is 22.8 Å². The van der Waals surface area contributed by atoms with Gasteiger partial charge in [-0.1, -0.05) is 47.5 Å². The van der Waals surface area contributed by atoms with Gasteiger partial charge in [0.05, 0.1) is 0 Å². The van der Waals surface area contributed by atoms with Crippen molar-refractivity contribution in [3.8, 4) is 0 Å². The van der Waals surface area contributed by atoms with Crippen molar-refractivity contribution in [2.45, 2.75) is 51.7 Å². The predicted octanol–water partition coefficient (Wildman–Crippen LogP) is 4.57. The van der Waals surface area contributed by atoms with Crippen molar-refractivity contribution in [2.24, 2.45) is 5.73 Å². The molecule has 0 spiro atoms. The second-order valence-corrected chi connectivity index (χ2v) is 7.58. The number of carbonyl (C=O) groups excluding carboxylic acids is 2. The summed E-state index contributed by atoms with van der Waals surface area (Å²) in [6, 6.07) is 17.0. The van der Waals surface area contributed by atoms with E-state index in [1.807, 2.05) is 18.2 Å². The minimum Gasteiger partial charge on any atom is -0.362 e. The Morgan fingerprint density at radius 2 is 1.60 bits per heavy atom. The van der Waals surface area contributed by atoms with Gasteiger partial charge < -0.3 is 10.6 Å². The van der Waals surface area contributed by atoms with E-state index in [1.165, 1.54) is 12.0 Å². The van der Waals surface area contributed by atoms with Crippen molar-refractivity contribution in [1.82, 2.24) is 4.90 Å². The first-order chi connectivity index (χ1) is 14.1. The molecule has 0 aliphatic carbocycles. The lowest BCUT2D eigenvalue weighted by Gasteiger charge is -2.36. The molecule has 0 aromatic heterocycles. The van der Waals surface area contributed by atoms with Crippen molar-refractivity contribution in [3.05, 3.63) is 70.8 Å². The highest BCUT2D eigenvalue weighted by atomic mass is 19.4. The number of benzene rings is 2. The molecule has 4 nitrogen and oxygen atoms in total. The van der Waals surface area contributed by atoms with E-state index in [4.69, 9.17) is 4.79 Å². The zero-order chi connectivity index (χ0) is 22.3. The number of hydrogen-bond acceptors (Lipinski definition) is 2. The van der Waals surface area contributed by atoms with Gasteiger partial charge in [0.25, 0.3) is 5.91 Å². The summed E-state index contributed by atoms with van der Waals surface area (Å²) in [4.78, 5) is 24.3. The summed E-state index contributed by atoms with van der Waals surface area (Å²) in [6.45, 7) is 4.99. The Balaban J connectivity index is 0.000000396. The third-order valence-electron chi connectivity index (χ3n) is 4.95. The lowest BCUT2D eigenvalue weighted by Crippen LogP contribution is -2.44. The molecule has 2 aromatic rings. The highest BCUT2D eigenvalue weighted by Gasteiger charge is 2.35. The molecular weight excluding hydrogens is 393 g/mol. The van der Waals surface area contributed by atoms with Crippen LogP contribution in [0.25, 0.3) is 0 Å². The summed E-state index contributed by atoms with van der Waals surface area (Å²) in [5.41, 5.74) is 8.27. The van der Waals surface area contributed by atoms with E-state index in [0.717, 1.165) is 42.5 Å². The molecule has 2 amide bonds. The van der Waals surface area contributed by atoms with Crippen LogP contribution in [-0.2, 0) is 11.2 Å². The largest absolute Gasteiger partial charge is 0.470 e. The minimum atomic E-state index is -4.86. The molecule has 7 heteroatoms. The number of piperidine rings is 1. The first kappa shape index (κ1) is 23.4. The number of alkyl halides is 3. The minimum absolute atomic E-state index is 0.192. The highest BCUT2D eigenvalue weighted by Crippen LogP contribution is 2.23. The molecule has 0 radical (unpaired) electrons. The number of nitrogens with two attached hydrogens (primary N) is 1. The van der Waals surface area contributed by atoms with Crippen LogP contribution in [0.1, 0.15) is 46.3 Å². The van der Waals surface area contributed by atoms with Gasteiger partial charge in [-0.15, -0.1) is 0 Å². The van der Waals surface area contributed by atoms with Crippen LogP contribution in [0.15, 0.2) is 48.5 Å². The van der Waals surface area contributed by atoms with Crippen LogP contribution in [0.3, 0.4) is 0 Å². The average molecular weight is 420 g/mol. The highest BCUT2D eigenvalue weighted by molar-refractivity contribution is 5.95. The van der Waals surface area contributed by atoms with E-state index < -0.39 is 12.1 Å². The standard InChI is InChI=1S/C21H25NO.C2H2F3NO/c1-16-12-17(2)14-19(13-16)21(23)22-11-7-6-10-20(22)15-18-8-4-3-5-9-18;3-2(4,5)1(6)7/h3-5,8-9,12-14,20H,6-7,10-11,15H2,1-2H3;(H2,6,7). The number of halogens is 3. The van der Waals surface area contributed by atoms with Gasteiger partial charge in [0.15, 0.2) is 0 Å². The summed E-state index contributed by atoms with van der Waals surface area (Å²) in [5, 5.41) is 0. The number of rotatable bonds is 3. The number of primary amides is 1. The Labute approximate surface area is 174 Å². The lowest BCUT2D eigenvalue weighted by atomic mass is 9.94. The van der Waals surface area contributed by atoms with E-state index in [-0.39, 0.29) is 5.91 Å². The van der Waals surface area contributed by atoms with Crippen LogP contribution in [-0.4, -0.2) is 35.5 Å². The molecule has 2 N–H and O–H groups in total. The molecule has 1 aliphatic rings. The summed E-state index contributed by atoms with van der Waals surface area (Å²) in [5.74, 6) is -2.06. The molecule has 3 rings (SSSR count). The fourth-order valence-electron chi connectivity index (χ4n) is 3.63. The zero-order valence-corrected chi connectivity index (χ0v) is 17.2. The Kier molecular flexibility index (Phi) is 8.03. The molecule has 162 valence electrons. The average Bonchev–Trinajstić information content (AvgIpc) is 2.68. The van der Waals surface area contributed by atoms with Crippen molar-refractivity contribution in [2.75, 3.05) is 6.54 Å². The normalized spacial score (nSPS) is 16.4. The van der Waals surface area contributed by atoms with Crippen LogP contribution in [0, 0.1) is 13.8 Å². The van der Waals surface area contributed by atoms with Crippen molar-refractivity contribution in [1.29, 1.82) is 0 Å². The first-order valence-electron chi connectivity index (χ1n) is 9.87. The molecule has 1 saturated heterocycles. The SMILES string of the molecule is Cc1cc(C)cc(C(=O)N2CCCCC2Cc2ccccc2)c1.NC(=O)C(F)(F)F. The van der Waals surface area contributed by atoms with Gasteiger partial charge in [-0.25, -0.2) is 0 Å². The van der Waals surface area contributed by atoms with Crippen molar-refractivity contribution >= 4 is 11.8 Å². The number of likely N-dealkylation sites (tertiary alicyclic amines) is 1. The molecule has 0 saturated carbocycles. The molecule has 1 atom stereocenters. The summed E-state index contributed by atoms with van der Waals surface area (Å²) >= 11 is 0. The maximum Gasteiger partial charge on any atom is 0.470 e. The van der Waals surface area contributed by atoms with Gasteiger partial charge in [-0.05, 0) is 57.2 Å². The second-order valence-electron chi connectivity index (χ2n) is 7.58. The van der Waals surface area contributed by atoms with Gasteiger partial charge in [-0.3, -0.25) is 9.59 Å². The summed E-state index contributed by atoms with van der Waals surface area (Å²) in [7, 11) is 0. The predicted molar refractivity (Wildman–Crippen MR) is 110 cm³/mol. The Morgan fingerprint density at radius 3 is 2.13 bits per heavy atom. The fourth-order valence-corrected chi connectivity index (χ4v) is 3.63. The molecule has 1 fully saturated rings. The second kappa shape index (κ2) is 10.3. The number of amides is 2. The van der Waals surface area contributed by atoms with E-state index in [1.54, 1.807) is 0 Å². The topological polar surface area (TPSA) is 63.4 Å². The molecular formula is C23H27F3N2O2. The van der Waals surface area contributed by atoms with E-state index in [9.17, 15) is 18.0 Å². The number of hydrogen-bond donors (Lipinski definition) is 1. The van der Waals surface area contributed by atoms with Crippen LogP contribution in [0.2, 0.25) is 0 Å². The number of carbonyl (C=O) groups is 2. The molecule has 1 unspecified atom stereocenters.